The van der Waals surface area contributed by atoms with Gasteiger partial charge in [0.1, 0.15) is 24.6 Å². The standard InChI is InChI=1S/C12H16N6O6.HI/c13-6(20)2-23-18-4-16-11-7(10(18)14)15-3-17(11)12-9(22)8(21)5(1-19)24-12;/h3-5,8-9,12,14,19,21-22H,1-2H2,(H2,13,20);1H/t5-,8-,9-,12-;/m1./s1. The summed E-state index contributed by atoms with van der Waals surface area (Å²) in [6, 6.07) is 0. The first-order chi connectivity index (χ1) is 11.4. The van der Waals surface area contributed by atoms with E-state index < -0.39 is 43.7 Å². The van der Waals surface area contributed by atoms with Crippen LogP contribution in [0.25, 0.3) is 11.2 Å². The average Bonchev–Trinajstić information content (AvgIpc) is 3.09. The Balaban J connectivity index is 0.00000225. The molecular weight excluding hydrogens is 451 g/mol. The number of aliphatic hydroxyl groups excluding tert-OH is 3. The highest BCUT2D eigenvalue weighted by Crippen LogP contribution is 2.30. The third-order valence-corrected chi connectivity index (χ3v) is 3.63. The molecule has 0 spiro atoms. The Hall–Kier alpha value is -1.81. The maximum absolute atomic E-state index is 10.7. The Morgan fingerprint density at radius 1 is 1.36 bits per heavy atom. The van der Waals surface area contributed by atoms with E-state index in [1.807, 2.05) is 0 Å². The zero-order chi connectivity index (χ0) is 17.4. The highest BCUT2D eigenvalue weighted by molar-refractivity contribution is 14.0. The maximum Gasteiger partial charge on any atom is 0.258 e. The third-order valence-electron chi connectivity index (χ3n) is 3.63. The van der Waals surface area contributed by atoms with E-state index in [4.69, 9.17) is 25.8 Å². The van der Waals surface area contributed by atoms with Crippen LogP contribution in [0.4, 0.5) is 0 Å². The fraction of sp³-hybridized carbons (Fsp3) is 0.500. The van der Waals surface area contributed by atoms with E-state index >= 15 is 0 Å². The molecule has 2 aromatic rings. The van der Waals surface area contributed by atoms with E-state index in [0.29, 0.717) is 0 Å². The summed E-state index contributed by atoms with van der Waals surface area (Å²) in [5, 5.41) is 37.0. The van der Waals surface area contributed by atoms with Crippen molar-refractivity contribution in [2.45, 2.75) is 24.5 Å². The first-order valence-corrected chi connectivity index (χ1v) is 6.97. The molecule has 4 atom stereocenters. The lowest BCUT2D eigenvalue weighted by atomic mass is 10.1. The number of aliphatic hydroxyl groups is 3. The molecule has 13 heteroatoms. The van der Waals surface area contributed by atoms with Crippen molar-refractivity contribution >= 4 is 41.0 Å². The molecule has 3 heterocycles. The third kappa shape index (κ3) is 3.45. The largest absolute Gasteiger partial charge is 0.401 e. The van der Waals surface area contributed by atoms with Gasteiger partial charge in [0.05, 0.1) is 12.9 Å². The molecule has 2 aromatic heterocycles. The number of hydrogen-bond donors (Lipinski definition) is 5. The number of nitrogens with two attached hydrogens (primary N) is 1. The summed E-state index contributed by atoms with van der Waals surface area (Å²) in [5.74, 6) is -0.709. The van der Waals surface area contributed by atoms with Crippen LogP contribution in [-0.2, 0) is 9.53 Å². The van der Waals surface area contributed by atoms with E-state index in [2.05, 4.69) is 9.97 Å². The number of nitrogens with one attached hydrogen (secondary N) is 1. The second-order valence-corrected chi connectivity index (χ2v) is 5.21. The van der Waals surface area contributed by atoms with Gasteiger partial charge >= 0.3 is 0 Å². The van der Waals surface area contributed by atoms with Crippen molar-refractivity contribution in [1.82, 2.24) is 19.3 Å². The number of ether oxygens (including phenoxy) is 1. The van der Waals surface area contributed by atoms with Crippen molar-refractivity contribution in [2.75, 3.05) is 13.2 Å². The predicted molar refractivity (Wildman–Crippen MR) is 90.4 cm³/mol. The zero-order valence-corrected chi connectivity index (χ0v) is 15.0. The molecule has 138 valence electrons. The van der Waals surface area contributed by atoms with Crippen molar-refractivity contribution < 1.29 is 29.7 Å². The molecule has 1 fully saturated rings. The molecule has 0 aliphatic carbocycles. The van der Waals surface area contributed by atoms with Gasteiger partial charge in [0.2, 0.25) is 0 Å². The molecule has 1 amide bonds. The van der Waals surface area contributed by atoms with E-state index in [-0.39, 0.29) is 40.6 Å². The van der Waals surface area contributed by atoms with Gasteiger partial charge in [-0.25, -0.2) is 9.97 Å². The molecule has 3 rings (SSSR count). The fourth-order valence-electron chi connectivity index (χ4n) is 2.45. The predicted octanol–water partition coefficient (Wildman–Crippen LogP) is -3.14. The number of carbonyl (C=O) groups excluding carboxylic acids is 1. The molecule has 0 bridgehead atoms. The number of nitrogens with zero attached hydrogens (tertiary/aromatic N) is 4. The van der Waals surface area contributed by atoms with Gasteiger partial charge in [-0.15, -0.1) is 24.0 Å². The number of primary amides is 1. The number of halogens is 1. The van der Waals surface area contributed by atoms with Crippen molar-refractivity contribution in [3.8, 4) is 0 Å². The van der Waals surface area contributed by atoms with Gasteiger partial charge in [-0.05, 0) is 0 Å². The summed E-state index contributed by atoms with van der Waals surface area (Å²) >= 11 is 0. The van der Waals surface area contributed by atoms with E-state index in [0.717, 1.165) is 11.1 Å². The van der Waals surface area contributed by atoms with Crippen LogP contribution in [-0.4, -0.2) is 72.0 Å². The molecular formula is C12H17IN6O6. The number of carbonyl (C=O) groups is 1. The van der Waals surface area contributed by atoms with Crippen LogP contribution in [0.1, 0.15) is 6.23 Å². The summed E-state index contributed by atoms with van der Waals surface area (Å²) in [7, 11) is 0. The lowest BCUT2D eigenvalue weighted by Crippen LogP contribution is -2.34. The van der Waals surface area contributed by atoms with Gasteiger partial charge < -0.3 is 30.6 Å². The van der Waals surface area contributed by atoms with Crippen molar-refractivity contribution in [3.63, 3.8) is 0 Å². The molecule has 1 aliphatic heterocycles. The highest BCUT2D eigenvalue weighted by atomic mass is 127. The van der Waals surface area contributed by atoms with Gasteiger partial charge in [-0.1, -0.05) is 0 Å². The van der Waals surface area contributed by atoms with Gasteiger partial charge in [-0.3, -0.25) is 14.8 Å². The van der Waals surface area contributed by atoms with Crippen molar-refractivity contribution in [2.24, 2.45) is 5.73 Å². The summed E-state index contributed by atoms with van der Waals surface area (Å²) in [4.78, 5) is 23.8. The minimum absolute atomic E-state index is 0. The minimum Gasteiger partial charge on any atom is -0.401 e. The van der Waals surface area contributed by atoms with Crippen LogP contribution in [0, 0.1) is 5.41 Å². The van der Waals surface area contributed by atoms with E-state index in [9.17, 15) is 15.0 Å². The number of rotatable bonds is 5. The SMILES string of the molecule is I.N=c1c2ncn([C@@H]3O[C@H](CO)[C@@H](O)[C@H]3O)c2ncn1OCC(N)=O. The van der Waals surface area contributed by atoms with Crippen LogP contribution in [0.5, 0.6) is 0 Å². The first-order valence-electron chi connectivity index (χ1n) is 6.97. The lowest BCUT2D eigenvalue weighted by molar-refractivity contribution is -0.122. The first kappa shape index (κ1) is 19.5. The minimum atomic E-state index is -1.30. The topological polar surface area (TPSA) is 182 Å². The molecule has 25 heavy (non-hydrogen) atoms. The Morgan fingerprint density at radius 2 is 2.08 bits per heavy atom. The lowest BCUT2D eigenvalue weighted by Gasteiger charge is -2.16. The summed E-state index contributed by atoms with van der Waals surface area (Å²) in [6.45, 7) is -0.890. The number of amides is 1. The molecule has 1 saturated heterocycles. The Morgan fingerprint density at radius 3 is 2.68 bits per heavy atom. The van der Waals surface area contributed by atoms with Crippen LogP contribution in [0.2, 0.25) is 0 Å². The second-order valence-electron chi connectivity index (χ2n) is 5.21. The quantitative estimate of drug-likeness (QED) is 0.285. The summed E-state index contributed by atoms with van der Waals surface area (Å²) < 4.78 is 7.68. The molecule has 1 aliphatic rings. The Kier molecular flexibility index (Phi) is 5.94. The average molecular weight is 468 g/mol. The number of aromatic nitrogens is 4. The Bertz CT molecular complexity index is 824. The monoisotopic (exact) mass is 468 g/mol. The van der Waals surface area contributed by atoms with Crippen LogP contribution < -0.4 is 16.1 Å². The normalized spacial score (nSPS) is 25.7. The second kappa shape index (κ2) is 7.61. The molecule has 6 N–H and O–H groups in total. The smallest absolute Gasteiger partial charge is 0.258 e. The van der Waals surface area contributed by atoms with Gasteiger partial charge in [0.15, 0.2) is 29.5 Å². The summed E-state index contributed by atoms with van der Waals surface area (Å²) in [6.07, 6.45) is -2.09. The number of fused-ring (bicyclic) bond motifs is 1. The maximum atomic E-state index is 10.7. The molecule has 0 aromatic carbocycles. The molecule has 0 saturated carbocycles. The Labute approximate surface area is 157 Å². The summed E-state index contributed by atoms with van der Waals surface area (Å²) in [5.41, 5.74) is 5.12. The molecule has 0 unspecified atom stereocenters. The van der Waals surface area contributed by atoms with Crippen LogP contribution in [0.15, 0.2) is 12.7 Å². The van der Waals surface area contributed by atoms with E-state index in [1.165, 1.54) is 10.9 Å². The molecule has 0 radical (unpaired) electrons. The van der Waals surface area contributed by atoms with Crippen molar-refractivity contribution in [3.05, 3.63) is 18.1 Å². The van der Waals surface area contributed by atoms with Crippen LogP contribution >= 0.6 is 24.0 Å². The number of hydrogen-bond acceptors (Lipinski definition) is 9. The van der Waals surface area contributed by atoms with Crippen LogP contribution in [0.3, 0.4) is 0 Å². The van der Waals surface area contributed by atoms with Crippen molar-refractivity contribution in [1.29, 1.82) is 5.41 Å². The van der Waals surface area contributed by atoms with Gasteiger partial charge in [-0.2, -0.15) is 4.73 Å². The zero-order valence-electron chi connectivity index (χ0n) is 12.7. The van der Waals surface area contributed by atoms with E-state index in [1.54, 1.807) is 0 Å². The van der Waals surface area contributed by atoms with Gasteiger partial charge in [0.25, 0.3) is 5.91 Å². The highest BCUT2D eigenvalue weighted by Gasteiger charge is 2.43. The van der Waals surface area contributed by atoms with Gasteiger partial charge in [0, 0.05) is 0 Å². The molecule has 12 nitrogen and oxygen atoms in total. The fourth-order valence-corrected chi connectivity index (χ4v) is 2.45. The number of imidazole rings is 1.